The van der Waals surface area contributed by atoms with Crippen molar-refractivity contribution in [1.82, 2.24) is 9.62 Å². The van der Waals surface area contributed by atoms with Crippen molar-refractivity contribution in [3.8, 4) is 0 Å². The van der Waals surface area contributed by atoms with Crippen LogP contribution in [0.5, 0.6) is 0 Å². The molecule has 4 rings (SSSR count). The first-order valence-corrected chi connectivity index (χ1v) is 12.2. The van der Waals surface area contributed by atoms with E-state index in [1.54, 1.807) is 43.5 Å². The lowest BCUT2D eigenvalue weighted by Crippen LogP contribution is -2.49. The molecule has 2 heterocycles. The van der Waals surface area contributed by atoms with Gasteiger partial charge in [0.05, 0.1) is 17.2 Å². The van der Waals surface area contributed by atoms with E-state index in [9.17, 15) is 12.8 Å². The lowest BCUT2D eigenvalue weighted by molar-refractivity contribution is 0.166. The van der Waals surface area contributed by atoms with Crippen molar-refractivity contribution in [2.24, 2.45) is 0 Å². The molecule has 1 aliphatic heterocycles. The van der Waals surface area contributed by atoms with E-state index in [0.717, 1.165) is 18.8 Å². The molecule has 0 amide bonds. The van der Waals surface area contributed by atoms with Crippen LogP contribution in [-0.2, 0) is 10.0 Å². The van der Waals surface area contributed by atoms with Gasteiger partial charge < -0.3 is 9.32 Å². The first kappa shape index (κ1) is 22.8. The van der Waals surface area contributed by atoms with E-state index in [2.05, 4.69) is 14.5 Å². The molecular weight excluding hydrogens is 453 g/mol. The van der Waals surface area contributed by atoms with Gasteiger partial charge in [0.25, 0.3) is 0 Å². The number of anilines is 1. The summed E-state index contributed by atoms with van der Waals surface area (Å²) in [6.45, 7) is 4.80. The normalized spacial score (nSPS) is 16.3. The van der Waals surface area contributed by atoms with E-state index in [1.165, 1.54) is 18.2 Å². The third-order valence-corrected chi connectivity index (χ3v) is 7.53. The monoisotopic (exact) mass is 477 g/mol. The highest BCUT2D eigenvalue weighted by Crippen LogP contribution is 2.26. The Morgan fingerprint density at radius 2 is 1.81 bits per heavy atom. The average Bonchev–Trinajstić information content (AvgIpc) is 3.31. The summed E-state index contributed by atoms with van der Waals surface area (Å²) < 4.78 is 47.5. The number of furan rings is 1. The molecular formula is C23H25ClFN3O3S. The van der Waals surface area contributed by atoms with Crippen molar-refractivity contribution < 1.29 is 17.2 Å². The summed E-state index contributed by atoms with van der Waals surface area (Å²) in [5.41, 5.74) is 1.60. The molecule has 0 radical (unpaired) electrons. The summed E-state index contributed by atoms with van der Waals surface area (Å²) >= 11 is 6.02. The highest BCUT2D eigenvalue weighted by Gasteiger charge is 2.29. The van der Waals surface area contributed by atoms with Crippen molar-refractivity contribution in [3.63, 3.8) is 0 Å². The Balaban J connectivity index is 1.47. The molecule has 1 atom stereocenters. The lowest BCUT2D eigenvalue weighted by atomic mass is 10.1. The number of halogens is 2. The van der Waals surface area contributed by atoms with Gasteiger partial charge in [-0.3, -0.25) is 4.90 Å². The van der Waals surface area contributed by atoms with Crippen LogP contribution >= 0.6 is 11.6 Å². The summed E-state index contributed by atoms with van der Waals surface area (Å²) in [5, 5.41) is 0.371. The highest BCUT2D eigenvalue weighted by molar-refractivity contribution is 7.89. The minimum atomic E-state index is -3.74. The molecule has 3 aromatic rings. The maximum atomic E-state index is 13.2. The third kappa shape index (κ3) is 5.15. The molecule has 1 saturated heterocycles. The third-order valence-electron chi connectivity index (χ3n) is 5.72. The second-order valence-electron chi connectivity index (χ2n) is 7.79. The second-order valence-corrected chi connectivity index (χ2v) is 9.96. The summed E-state index contributed by atoms with van der Waals surface area (Å²) in [7, 11) is -3.74. The topological polar surface area (TPSA) is 65.8 Å². The smallest absolute Gasteiger partial charge is 0.240 e. The number of hydrogen-bond acceptors (Lipinski definition) is 5. The van der Waals surface area contributed by atoms with Crippen LogP contribution in [0.4, 0.5) is 10.1 Å². The Morgan fingerprint density at radius 1 is 1.09 bits per heavy atom. The number of piperazine rings is 1. The van der Waals surface area contributed by atoms with Crippen LogP contribution in [0.1, 0.15) is 17.4 Å². The number of nitrogens with zero attached hydrogens (tertiary/aromatic N) is 2. The molecule has 2 aromatic carbocycles. The van der Waals surface area contributed by atoms with Crippen LogP contribution in [0, 0.1) is 12.7 Å². The molecule has 1 unspecified atom stereocenters. The zero-order valence-corrected chi connectivity index (χ0v) is 19.2. The maximum absolute atomic E-state index is 13.2. The van der Waals surface area contributed by atoms with E-state index in [-0.39, 0.29) is 23.3 Å². The van der Waals surface area contributed by atoms with Crippen molar-refractivity contribution in [2.75, 3.05) is 37.6 Å². The standard InChI is InChI=1S/C23H25ClFN3O3S/c1-17-4-5-18(24)15-23(17)32(29,30)26-16-21(22-3-2-14-31-22)28-12-10-27(11-13-28)20-8-6-19(25)7-9-20/h2-9,14-15,21,26H,10-13,16H2,1H3. The molecule has 1 aliphatic rings. The zero-order valence-electron chi connectivity index (χ0n) is 17.7. The van der Waals surface area contributed by atoms with Gasteiger partial charge in [-0.05, 0) is 61.0 Å². The molecule has 0 saturated carbocycles. The van der Waals surface area contributed by atoms with Gasteiger partial charge >= 0.3 is 0 Å². The van der Waals surface area contributed by atoms with Gasteiger partial charge in [-0.1, -0.05) is 17.7 Å². The number of hydrogen-bond donors (Lipinski definition) is 1. The quantitative estimate of drug-likeness (QED) is 0.552. The predicted molar refractivity (Wildman–Crippen MR) is 123 cm³/mol. The van der Waals surface area contributed by atoms with Gasteiger partial charge in [0.2, 0.25) is 10.0 Å². The number of aryl methyl sites for hydroxylation is 1. The Hall–Kier alpha value is -2.39. The van der Waals surface area contributed by atoms with Gasteiger partial charge in [-0.2, -0.15) is 0 Å². The van der Waals surface area contributed by atoms with Crippen LogP contribution in [0.3, 0.4) is 0 Å². The van der Waals surface area contributed by atoms with Crippen molar-refractivity contribution in [1.29, 1.82) is 0 Å². The minimum Gasteiger partial charge on any atom is -0.468 e. The number of sulfonamides is 1. The fraction of sp³-hybridized carbons (Fsp3) is 0.304. The van der Waals surface area contributed by atoms with E-state index in [0.29, 0.717) is 29.4 Å². The molecule has 32 heavy (non-hydrogen) atoms. The van der Waals surface area contributed by atoms with Gasteiger partial charge in [-0.25, -0.2) is 17.5 Å². The SMILES string of the molecule is Cc1ccc(Cl)cc1S(=O)(=O)NCC(c1ccco1)N1CCN(c2ccc(F)cc2)CC1. The molecule has 9 heteroatoms. The van der Waals surface area contributed by atoms with Crippen molar-refractivity contribution in [2.45, 2.75) is 17.9 Å². The first-order chi connectivity index (χ1) is 15.3. The molecule has 6 nitrogen and oxygen atoms in total. The summed E-state index contributed by atoms with van der Waals surface area (Å²) in [5.74, 6) is 0.443. The second kappa shape index (κ2) is 9.62. The number of rotatable bonds is 7. The van der Waals surface area contributed by atoms with Crippen molar-refractivity contribution in [3.05, 3.63) is 83.0 Å². The molecule has 0 spiro atoms. The fourth-order valence-electron chi connectivity index (χ4n) is 3.96. The Morgan fingerprint density at radius 3 is 2.47 bits per heavy atom. The summed E-state index contributed by atoms with van der Waals surface area (Å²) in [6.07, 6.45) is 1.59. The predicted octanol–water partition coefficient (Wildman–Crippen LogP) is 4.22. The van der Waals surface area contributed by atoms with Gasteiger partial charge in [0.1, 0.15) is 11.6 Å². The van der Waals surface area contributed by atoms with Gasteiger partial charge in [0.15, 0.2) is 0 Å². The Labute approximate surface area is 192 Å². The van der Waals surface area contributed by atoms with Crippen molar-refractivity contribution >= 4 is 27.3 Å². The number of benzene rings is 2. The lowest BCUT2D eigenvalue weighted by Gasteiger charge is -2.39. The number of nitrogens with one attached hydrogen (secondary N) is 1. The molecule has 1 fully saturated rings. The largest absolute Gasteiger partial charge is 0.468 e. The van der Waals surface area contributed by atoms with Crippen LogP contribution in [0.15, 0.2) is 70.2 Å². The molecule has 170 valence electrons. The molecule has 0 bridgehead atoms. The fourth-order valence-corrected chi connectivity index (χ4v) is 5.51. The van der Waals surface area contributed by atoms with Gasteiger partial charge in [0, 0.05) is 43.4 Å². The highest BCUT2D eigenvalue weighted by atomic mass is 35.5. The van der Waals surface area contributed by atoms with E-state index >= 15 is 0 Å². The van der Waals surface area contributed by atoms with Crippen LogP contribution in [-0.4, -0.2) is 46.0 Å². The van der Waals surface area contributed by atoms with E-state index in [4.69, 9.17) is 16.0 Å². The Bertz CT molecular complexity index is 1150. The first-order valence-electron chi connectivity index (χ1n) is 10.4. The Kier molecular flexibility index (Phi) is 6.85. The average molecular weight is 478 g/mol. The zero-order chi connectivity index (χ0) is 22.7. The van der Waals surface area contributed by atoms with Crippen LogP contribution in [0.2, 0.25) is 5.02 Å². The molecule has 0 aliphatic carbocycles. The van der Waals surface area contributed by atoms with Crippen LogP contribution < -0.4 is 9.62 Å². The van der Waals surface area contributed by atoms with Gasteiger partial charge in [-0.15, -0.1) is 0 Å². The molecule has 1 N–H and O–H groups in total. The van der Waals surface area contributed by atoms with E-state index in [1.807, 2.05) is 6.07 Å². The maximum Gasteiger partial charge on any atom is 0.240 e. The summed E-state index contributed by atoms with van der Waals surface area (Å²) in [6, 6.07) is 14.7. The van der Waals surface area contributed by atoms with E-state index < -0.39 is 10.0 Å². The van der Waals surface area contributed by atoms with Crippen LogP contribution in [0.25, 0.3) is 0 Å². The summed E-state index contributed by atoms with van der Waals surface area (Å²) in [4.78, 5) is 4.56. The molecule has 1 aromatic heterocycles. The minimum absolute atomic E-state index is 0.165.